The van der Waals surface area contributed by atoms with E-state index in [1.807, 2.05) is 0 Å². The number of ether oxygens (including phenoxy) is 2. The summed E-state index contributed by atoms with van der Waals surface area (Å²) in [6.45, 7) is 6.22. The Balaban J connectivity index is 1.79. The number of benzene rings is 1. The van der Waals surface area contributed by atoms with E-state index in [0.717, 1.165) is 25.9 Å². The molecule has 0 amide bonds. The summed E-state index contributed by atoms with van der Waals surface area (Å²) < 4.78 is 35.8. The van der Waals surface area contributed by atoms with Crippen LogP contribution in [-0.4, -0.2) is 64.5 Å². The topological polar surface area (TPSA) is 72.9 Å². The molecule has 1 heterocycles. The van der Waals surface area contributed by atoms with Gasteiger partial charge in [-0.3, -0.25) is 4.90 Å². The molecule has 1 aliphatic rings. The second-order valence-electron chi connectivity index (χ2n) is 7.96. The zero-order valence-corrected chi connectivity index (χ0v) is 19.1. The van der Waals surface area contributed by atoms with E-state index >= 15 is 0 Å². The highest BCUT2D eigenvalue weighted by molar-refractivity contribution is 7.90. The third-order valence-corrected chi connectivity index (χ3v) is 7.08. The van der Waals surface area contributed by atoms with E-state index < -0.39 is 15.8 Å². The Morgan fingerprint density at radius 3 is 2.43 bits per heavy atom. The number of carbonyl (C=O) groups is 1. The van der Waals surface area contributed by atoms with Crippen LogP contribution in [0.2, 0.25) is 0 Å². The Kier molecular flexibility index (Phi) is 11.4. The lowest BCUT2D eigenvalue weighted by atomic mass is 10.1. The Bertz CT molecular complexity index is 729. The van der Waals surface area contributed by atoms with Crippen LogP contribution in [0.25, 0.3) is 0 Å². The minimum Gasteiger partial charge on any atom is -0.461 e. The molecule has 1 saturated heterocycles. The number of unbranched alkanes of at least 4 members (excludes halogenated alkanes) is 6. The van der Waals surface area contributed by atoms with Gasteiger partial charge in [-0.1, -0.05) is 63.6 Å². The summed E-state index contributed by atoms with van der Waals surface area (Å²) in [7, 11) is -3.26. The SMILES string of the molecule is CCCCCCCCCS(=O)(=O)Cc1ccccc1C(=O)OCCN1CCOCC1. The van der Waals surface area contributed by atoms with Crippen molar-refractivity contribution < 1.29 is 22.7 Å². The summed E-state index contributed by atoms with van der Waals surface area (Å²) in [4.78, 5) is 14.7. The largest absolute Gasteiger partial charge is 0.461 e. The molecule has 1 fully saturated rings. The summed E-state index contributed by atoms with van der Waals surface area (Å²) in [5.74, 6) is -0.399. The summed E-state index contributed by atoms with van der Waals surface area (Å²) in [5.41, 5.74) is 0.874. The standard InChI is InChI=1S/C23H37NO5S/c1-2-3-4-5-6-7-10-19-30(26,27)20-21-11-8-9-12-22(21)23(25)29-18-15-24-13-16-28-17-14-24/h8-9,11-12H,2-7,10,13-20H2,1H3. The van der Waals surface area contributed by atoms with Gasteiger partial charge in [0.15, 0.2) is 9.84 Å². The number of rotatable bonds is 14. The van der Waals surface area contributed by atoms with E-state index in [2.05, 4.69) is 11.8 Å². The van der Waals surface area contributed by atoms with Crippen molar-refractivity contribution in [2.45, 2.75) is 57.6 Å². The van der Waals surface area contributed by atoms with Gasteiger partial charge in [-0.05, 0) is 18.1 Å². The third-order valence-electron chi connectivity index (χ3n) is 5.42. The van der Waals surface area contributed by atoms with E-state index in [-0.39, 0.29) is 18.1 Å². The number of hydrogen-bond acceptors (Lipinski definition) is 6. The molecule has 7 heteroatoms. The van der Waals surface area contributed by atoms with Gasteiger partial charge < -0.3 is 9.47 Å². The number of nitrogens with zero attached hydrogens (tertiary/aromatic N) is 1. The molecule has 170 valence electrons. The van der Waals surface area contributed by atoms with Gasteiger partial charge in [0, 0.05) is 19.6 Å². The van der Waals surface area contributed by atoms with Crippen molar-refractivity contribution in [3.05, 3.63) is 35.4 Å². The number of esters is 1. The minimum atomic E-state index is -3.26. The van der Waals surface area contributed by atoms with Crippen LogP contribution < -0.4 is 0 Å². The molecule has 30 heavy (non-hydrogen) atoms. The maximum absolute atomic E-state index is 12.6. The molecule has 0 atom stereocenters. The van der Waals surface area contributed by atoms with Crippen LogP contribution in [-0.2, 0) is 25.1 Å². The van der Waals surface area contributed by atoms with Gasteiger partial charge in [-0.2, -0.15) is 0 Å². The average Bonchev–Trinajstić information content (AvgIpc) is 2.74. The first kappa shape index (κ1) is 24.8. The highest BCUT2D eigenvalue weighted by Crippen LogP contribution is 2.16. The molecule has 6 nitrogen and oxygen atoms in total. The molecular formula is C23H37NO5S. The lowest BCUT2D eigenvalue weighted by Gasteiger charge is -2.26. The molecule has 0 spiro atoms. The van der Waals surface area contributed by atoms with Crippen molar-refractivity contribution in [2.24, 2.45) is 0 Å². The third kappa shape index (κ3) is 9.58. The van der Waals surface area contributed by atoms with Crippen LogP contribution in [0.15, 0.2) is 24.3 Å². The van der Waals surface area contributed by atoms with E-state index in [9.17, 15) is 13.2 Å². The molecular weight excluding hydrogens is 402 g/mol. The lowest BCUT2D eigenvalue weighted by molar-refractivity contribution is 0.0195. The molecule has 1 aliphatic heterocycles. The second kappa shape index (κ2) is 13.8. The van der Waals surface area contributed by atoms with E-state index in [0.29, 0.717) is 37.3 Å². The van der Waals surface area contributed by atoms with Gasteiger partial charge in [0.2, 0.25) is 0 Å². The van der Waals surface area contributed by atoms with Crippen LogP contribution >= 0.6 is 0 Å². The summed E-state index contributed by atoms with van der Waals surface area (Å²) in [5, 5.41) is 0. The molecule has 1 aromatic carbocycles. The number of hydrogen-bond donors (Lipinski definition) is 0. The first-order valence-corrected chi connectivity index (χ1v) is 13.1. The van der Waals surface area contributed by atoms with Crippen molar-refractivity contribution in [3.8, 4) is 0 Å². The summed E-state index contributed by atoms with van der Waals surface area (Å²) in [6.07, 6.45) is 7.56. The van der Waals surface area contributed by atoms with E-state index in [4.69, 9.17) is 9.47 Å². The highest BCUT2D eigenvalue weighted by atomic mass is 32.2. The van der Waals surface area contributed by atoms with Gasteiger partial charge in [-0.25, -0.2) is 13.2 Å². The molecule has 1 aromatic rings. The molecule has 0 radical (unpaired) electrons. The predicted molar refractivity (Wildman–Crippen MR) is 119 cm³/mol. The molecule has 0 saturated carbocycles. The Morgan fingerprint density at radius 1 is 1.03 bits per heavy atom. The zero-order valence-electron chi connectivity index (χ0n) is 18.3. The first-order chi connectivity index (χ1) is 14.5. The first-order valence-electron chi connectivity index (χ1n) is 11.3. The maximum atomic E-state index is 12.6. The highest BCUT2D eigenvalue weighted by Gasteiger charge is 2.19. The number of sulfone groups is 1. The number of morpholine rings is 1. The maximum Gasteiger partial charge on any atom is 0.338 e. The Morgan fingerprint density at radius 2 is 1.70 bits per heavy atom. The minimum absolute atomic E-state index is 0.114. The zero-order chi connectivity index (χ0) is 21.7. The van der Waals surface area contributed by atoms with Crippen LogP contribution in [0.3, 0.4) is 0 Å². The predicted octanol–water partition coefficient (Wildman–Crippen LogP) is 3.84. The van der Waals surface area contributed by atoms with Crippen molar-refractivity contribution >= 4 is 15.8 Å². The quantitative estimate of drug-likeness (QED) is 0.324. The Labute approximate surface area is 181 Å². The molecule has 0 aromatic heterocycles. The van der Waals surface area contributed by atoms with Gasteiger partial charge >= 0.3 is 5.97 Å². The average molecular weight is 440 g/mol. The van der Waals surface area contributed by atoms with Gasteiger partial charge in [0.1, 0.15) is 6.61 Å². The van der Waals surface area contributed by atoms with Crippen molar-refractivity contribution in [2.75, 3.05) is 45.2 Å². The molecule has 0 N–H and O–H groups in total. The van der Waals surface area contributed by atoms with Gasteiger partial charge in [0.25, 0.3) is 0 Å². The van der Waals surface area contributed by atoms with E-state index in [1.165, 1.54) is 25.7 Å². The monoisotopic (exact) mass is 439 g/mol. The fraction of sp³-hybridized carbons (Fsp3) is 0.696. The van der Waals surface area contributed by atoms with E-state index in [1.54, 1.807) is 24.3 Å². The molecule has 2 rings (SSSR count). The fourth-order valence-electron chi connectivity index (χ4n) is 3.60. The van der Waals surface area contributed by atoms with Crippen LogP contribution in [0.1, 0.15) is 67.8 Å². The summed E-state index contributed by atoms with van der Waals surface area (Å²) >= 11 is 0. The van der Waals surface area contributed by atoms with Gasteiger partial charge in [0.05, 0.1) is 30.3 Å². The second-order valence-corrected chi connectivity index (χ2v) is 10.1. The summed E-state index contributed by atoms with van der Waals surface area (Å²) in [6, 6.07) is 6.87. The van der Waals surface area contributed by atoms with Crippen LogP contribution in [0.5, 0.6) is 0 Å². The smallest absolute Gasteiger partial charge is 0.338 e. The van der Waals surface area contributed by atoms with Gasteiger partial charge in [-0.15, -0.1) is 0 Å². The van der Waals surface area contributed by atoms with Crippen LogP contribution in [0, 0.1) is 0 Å². The molecule has 0 bridgehead atoms. The number of carbonyl (C=O) groups excluding carboxylic acids is 1. The normalized spacial score (nSPS) is 15.2. The lowest BCUT2D eigenvalue weighted by Crippen LogP contribution is -2.38. The Hall–Kier alpha value is -1.44. The molecule has 0 unspecified atom stereocenters. The molecule has 0 aliphatic carbocycles. The van der Waals surface area contributed by atoms with Crippen molar-refractivity contribution in [1.82, 2.24) is 4.90 Å². The van der Waals surface area contributed by atoms with Crippen molar-refractivity contribution in [3.63, 3.8) is 0 Å². The van der Waals surface area contributed by atoms with Crippen LogP contribution in [0.4, 0.5) is 0 Å². The fourth-order valence-corrected chi connectivity index (χ4v) is 5.12. The van der Waals surface area contributed by atoms with Crippen molar-refractivity contribution in [1.29, 1.82) is 0 Å².